The molecule has 1 amide bonds. The first-order valence-corrected chi connectivity index (χ1v) is 9.38. The van der Waals surface area contributed by atoms with Crippen LogP contribution in [-0.2, 0) is 0 Å². The molecule has 0 saturated heterocycles. The highest BCUT2D eigenvalue weighted by Gasteiger charge is 2.28. The number of nitrogens with zero attached hydrogens (tertiary/aromatic N) is 5. The van der Waals surface area contributed by atoms with Crippen LogP contribution in [0.2, 0.25) is 0 Å². The Labute approximate surface area is 153 Å². The molecule has 0 radical (unpaired) electrons. The smallest absolute Gasteiger partial charge is 0.320 e. The minimum atomic E-state index is -0.515. The van der Waals surface area contributed by atoms with Crippen molar-refractivity contribution >= 4 is 6.03 Å². The third-order valence-electron chi connectivity index (χ3n) is 5.21. The molecule has 26 heavy (non-hydrogen) atoms. The van der Waals surface area contributed by atoms with Gasteiger partial charge in [-0.15, -0.1) is 4.68 Å². The highest BCUT2D eigenvalue weighted by molar-refractivity contribution is 5.76. The molecule has 7 heteroatoms. The van der Waals surface area contributed by atoms with Gasteiger partial charge in [-0.3, -0.25) is 0 Å². The van der Waals surface area contributed by atoms with Gasteiger partial charge in [-0.25, -0.2) is 9.59 Å². The molecule has 0 atom stereocenters. The fourth-order valence-corrected chi connectivity index (χ4v) is 4.08. The molecular weight excluding hydrogens is 330 g/mol. The van der Waals surface area contributed by atoms with Crippen LogP contribution in [0.15, 0.2) is 16.9 Å². The molecule has 7 nitrogen and oxygen atoms in total. The number of aryl methyl sites for hydroxylation is 3. The molecule has 140 valence electrons. The van der Waals surface area contributed by atoms with Crippen LogP contribution in [0.4, 0.5) is 4.79 Å². The number of hydrogen-bond acceptors (Lipinski definition) is 4. The summed E-state index contributed by atoms with van der Waals surface area (Å²) in [5.74, 6) is 0. The van der Waals surface area contributed by atoms with Gasteiger partial charge < -0.3 is 4.90 Å². The summed E-state index contributed by atoms with van der Waals surface area (Å²) < 4.78 is 2.13. The molecule has 0 spiro atoms. The molecule has 1 heterocycles. The molecule has 2 aromatic rings. The van der Waals surface area contributed by atoms with Crippen molar-refractivity contribution in [2.24, 2.45) is 0 Å². The van der Waals surface area contributed by atoms with E-state index in [2.05, 4.69) is 10.4 Å². The van der Waals surface area contributed by atoms with Crippen LogP contribution in [0, 0.1) is 20.8 Å². The highest BCUT2D eigenvalue weighted by atomic mass is 16.2. The van der Waals surface area contributed by atoms with Gasteiger partial charge in [-0.2, -0.15) is 4.68 Å². The molecule has 0 N–H and O–H groups in total. The van der Waals surface area contributed by atoms with Crippen LogP contribution in [0.5, 0.6) is 0 Å². The van der Waals surface area contributed by atoms with Crippen molar-refractivity contribution in [3.05, 3.63) is 39.3 Å². The molecule has 1 aliphatic carbocycles. The van der Waals surface area contributed by atoms with Crippen molar-refractivity contribution in [2.75, 3.05) is 6.54 Å². The SMILES string of the molecule is CCN(C(=O)n1nnn(-c2c(C)cc(C)cc2C)c1=O)C1CCCCC1. The Morgan fingerprint density at radius 1 is 1.12 bits per heavy atom. The Kier molecular flexibility index (Phi) is 5.25. The van der Waals surface area contributed by atoms with Crippen molar-refractivity contribution in [3.8, 4) is 5.69 Å². The topological polar surface area (TPSA) is 73.0 Å². The van der Waals surface area contributed by atoms with Crippen molar-refractivity contribution in [3.63, 3.8) is 0 Å². The predicted octanol–water partition coefficient (Wildman–Crippen LogP) is 2.98. The zero-order valence-electron chi connectivity index (χ0n) is 16.0. The first kappa shape index (κ1) is 18.4. The van der Waals surface area contributed by atoms with E-state index in [1.165, 1.54) is 11.1 Å². The molecule has 1 aromatic heterocycles. The molecule has 1 saturated carbocycles. The van der Waals surface area contributed by atoms with Gasteiger partial charge in [-0.1, -0.05) is 37.0 Å². The Bertz CT molecular complexity index is 838. The van der Waals surface area contributed by atoms with Gasteiger partial charge in [0, 0.05) is 12.6 Å². The molecular formula is C19H27N5O2. The molecule has 0 aliphatic heterocycles. The summed E-state index contributed by atoms with van der Waals surface area (Å²) in [4.78, 5) is 27.6. The van der Waals surface area contributed by atoms with Gasteiger partial charge in [0.15, 0.2) is 0 Å². The van der Waals surface area contributed by atoms with E-state index in [4.69, 9.17) is 0 Å². The molecule has 0 unspecified atom stereocenters. The maximum Gasteiger partial charge on any atom is 0.377 e. The lowest BCUT2D eigenvalue weighted by atomic mass is 9.94. The van der Waals surface area contributed by atoms with Crippen LogP contribution in [0.1, 0.15) is 55.7 Å². The first-order chi connectivity index (χ1) is 12.4. The number of amides is 1. The lowest BCUT2D eigenvalue weighted by molar-refractivity contribution is 0.157. The zero-order valence-corrected chi connectivity index (χ0v) is 16.0. The molecule has 1 fully saturated rings. The van der Waals surface area contributed by atoms with Gasteiger partial charge in [0.25, 0.3) is 0 Å². The van der Waals surface area contributed by atoms with Crippen molar-refractivity contribution in [1.29, 1.82) is 0 Å². The maximum atomic E-state index is 12.9. The second-order valence-corrected chi connectivity index (χ2v) is 7.19. The Morgan fingerprint density at radius 2 is 1.73 bits per heavy atom. The van der Waals surface area contributed by atoms with Crippen molar-refractivity contribution in [1.82, 2.24) is 24.7 Å². The number of carbonyl (C=O) groups excluding carboxylic acids is 1. The number of rotatable bonds is 3. The average molecular weight is 357 g/mol. The predicted molar refractivity (Wildman–Crippen MR) is 99.9 cm³/mol. The number of hydrogen-bond donors (Lipinski definition) is 0. The Balaban J connectivity index is 1.96. The monoisotopic (exact) mass is 357 g/mol. The van der Waals surface area contributed by atoms with Crippen LogP contribution in [0.25, 0.3) is 5.69 Å². The largest absolute Gasteiger partial charge is 0.377 e. The minimum Gasteiger partial charge on any atom is -0.320 e. The van der Waals surface area contributed by atoms with Crippen molar-refractivity contribution < 1.29 is 4.79 Å². The van der Waals surface area contributed by atoms with E-state index >= 15 is 0 Å². The fraction of sp³-hybridized carbons (Fsp3) is 0.579. The van der Waals surface area contributed by atoms with E-state index in [1.807, 2.05) is 39.8 Å². The summed E-state index contributed by atoms with van der Waals surface area (Å²) in [7, 11) is 0. The van der Waals surface area contributed by atoms with Gasteiger partial charge in [0.1, 0.15) is 0 Å². The van der Waals surface area contributed by atoms with Crippen LogP contribution >= 0.6 is 0 Å². The molecule has 0 bridgehead atoms. The summed E-state index contributed by atoms with van der Waals surface area (Å²) in [6, 6.07) is 3.80. The normalized spacial score (nSPS) is 15.2. The van der Waals surface area contributed by atoms with E-state index in [1.54, 1.807) is 4.90 Å². The fourth-order valence-electron chi connectivity index (χ4n) is 4.08. The quantitative estimate of drug-likeness (QED) is 0.792. The molecule has 1 aliphatic rings. The third-order valence-corrected chi connectivity index (χ3v) is 5.21. The van der Waals surface area contributed by atoms with Gasteiger partial charge in [0.2, 0.25) is 0 Å². The highest BCUT2D eigenvalue weighted by Crippen LogP contribution is 2.23. The second kappa shape index (κ2) is 7.43. The summed E-state index contributed by atoms with van der Waals surface area (Å²) in [5.41, 5.74) is 3.17. The lowest BCUT2D eigenvalue weighted by Crippen LogP contribution is -2.47. The summed E-state index contributed by atoms with van der Waals surface area (Å²) in [5, 5.41) is 7.88. The summed E-state index contributed by atoms with van der Waals surface area (Å²) in [6.07, 6.45) is 5.43. The third kappa shape index (κ3) is 3.30. The molecule has 3 rings (SSSR count). The van der Waals surface area contributed by atoms with Gasteiger partial charge in [-0.05, 0) is 62.1 Å². The lowest BCUT2D eigenvalue weighted by Gasteiger charge is -2.32. The number of carbonyl (C=O) groups is 1. The number of tetrazole rings is 1. The van der Waals surface area contributed by atoms with E-state index in [9.17, 15) is 9.59 Å². The van der Waals surface area contributed by atoms with E-state index in [0.717, 1.165) is 47.1 Å². The minimum absolute atomic E-state index is 0.182. The van der Waals surface area contributed by atoms with Gasteiger partial charge >= 0.3 is 11.7 Å². The standard InChI is InChI=1S/C19H27N5O2/c1-5-22(16-9-7-6-8-10-16)18(25)24-19(26)23(20-21-24)17-14(3)11-13(2)12-15(17)4/h11-12,16H,5-10H2,1-4H3. The summed E-state index contributed by atoms with van der Waals surface area (Å²) in [6.45, 7) is 8.38. The van der Waals surface area contributed by atoms with E-state index < -0.39 is 5.69 Å². The zero-order chi connectivity index (χ0) is 18.8. The van der Waals surface area contributed by atoms with E-state index in [0.29, 0.717) is 12.2 Å². The van der Waals surface area contributed by atoms with Crippen LogP contribution in [-0.4, -0.2) is 43.3 Å². The van der Waals surface area contributed by atoms with Crippen LogP contribution < -0.4 is 5.69 Å². The second-order valence-electron chi connectivity index (χ2n) is 7.19. The molecule has 1 aromatic carbocycles. The van der Waals surface area contributed by atoms with Crippen molar-refractivity contribution in [2.45, 2.75) is 65.8 Å². The average Bonchev–Trinajstić information content (AvgIpc) is 2.97. The Morgan fingerprint density at radius 3 is 2.31 bits per heavy atom. The first-order valence-electron chi connectivity index (χ1n) is 9.38. The van der Waals surface area contributed by atoms with Gasteiger partial charge in [0.05, 0.1) is 5.69 Å². The summed E-state index contributed by atoms with van der Waals surface area (Å²) >= 11 is 0. The van der Waals surface area contributed by atoms with E-state index in [-0.39, 0.29) is 12.1 Å². The maximum absolute atomic E-state index is 12.9. The van der Waals surface area contributed by atoms with Crippen LogP contribution in [0.3, 0.4) is 0 Å². The Hall–Kier alpha value is -2.44. The number of aromatic nitrogens is 4. The number of benzene rings is 1.